The lowest BCUT2D eigenvalue weighted by Gasteiger charge is -2.07. The van der Waals surface area contributed by atoms with Gasteiger partial charge < -0.3 is 13.8 Å². The van der Waals surface area contributed by atoms with Gasteiger partial charge in [0.1, 0.15) is 5.76 Å². The van der Waals surface area contributed by atoms with Gasteiger partial charge in [-0.3, -0.25) is 9.97 Å². The van der Waals surface area contributed by atoms with Gasteiger partial charge in [0.25, 0.3) is 0 Å². The number of nitrogens with zero attached hydrogens (tertiary/aromatic N) is 4. The van der Waals surface area contributed by atoms with Crippen molar-refractivity contribution < 1.29 is 14.1 Å². The van der Waals surface area contributed by atoms with E-state index in [2.05, 4.69) is 27.0 Å². The lowest BCUT2D eigenvalue weighted by Crippen LogP contribution is -2.00. The van der Waals surface area contributed by atoms with Gasteiger partial charge >= 0.3 is 5.97 Å². The van der Waals surface area contributed by atoms with Crippen LogP contribution < -0.4 is 0 Å². The molecule has 7 heteroatoms. The van der Waals surface area contributed by atoms with Crippen molar-refractivity contribution in [2.24, 2.45) is 0 Å². The van der Waals surface area contributed by atoms with Crippen LogP contribution in [-0.2, 0) is 11.3 Å². The smallest absolute Gasteiger partial charge is 0.337 e. The maximum absolute atomic E-state index is 11.8. The molecule has 0 aliphatic carbocycles. The van der Waals surface area contributed by atoms with E-state index in [0.717, 1.165) is 50.3 Å². The van der Waals surface area contributed by atoms with Crippen LogP contribution in [-0.4, -0.2) is 32.8 Å². The fourth-order valence-electron chi connectivity index (χ4n) is 4.13. The molecule has 5 aromatic rings. The van der Waals surface area contributed by atoms with Crippen molar-refractivity contribution in [1.82, 2.24) is 19.7 Å². The molecule has 0 radical (unpaired) electrons. The SMILES string of the molecule is COC(=O)c1ccc(-c2cn(Cc3ccncc3)c3cc(-c4c(C)noc4C)cnc23)cc1. The third-order valence-electron chi connectivity index (χ3n) is 5.76. The van der Waals surface area contributed by atoms with E-state index in [9.17, 15) is 4.79 Å². The van der Waals surface area contributed by atoms with Gasteiger partial charge in [-0.15, -0.1) is 0 Å². The Labute approximate surface area is 190 Å². The van der Waals surface area contributed by atoms with E-state index in [-0.39, 0.29) is 5.97 Å². The van der Waals surface area contributed by atoms with Crippen molar-refractivity contribution in [3.63, 3.8) is 0 Å². The highest BCUT2D eigenvalue weighted by atomic mass is 16.5. The molecule has 0 saturated carbocycles. The highest BCUT2D eigenvalue weighted by molar-refractivity contribution is 5.96. The number of hydrogen-bond acceptors (Lipinski definition) is 6. The second-order valence-electron chi connectivity index (χ2n) is 7.89. The van der Waals surface area contributed by atoms with E-state index >= 15 is 0 Å². The summed E-state index contributed by atoms with van der Waals surface area (Å²) in [5, 5.41) is 4.09. The summed E-state index contributed by atoms with van der Waals surface area (Å²) in [5.74, 6) is 0.406. The molecular weight excluding hydrogens is 416 g/mol. The van der Waals surface area contributed by atoms with Crippen LogP contribution in [0.3, 0.4) is 0 Å². The summed E-state index contributed by atoms with van der Waals surface area (Å²) >= 11 is 0. The molecule has 0 unspecified atom stereocenters. The molecule has 1 aromatic carbocycles. The highest BCUT2D eigenvalue weighted by Gasteiger charge is 2.17. The van der Waals surface area contributed by atoms with Gasteiger partial charge in [0.2, 0.25) is 0 Å². The van der Waals surface area contributed by atoms with Crippen LogP contribution in [0, 0.1) is 13.8 Å². The summed E-state index contributed by atoms with van der Waals surface area (Å²) in [5.41, 5.74) is 8.24. The van der Waals surface area contributed by atoms with Gasteiger partial charge in [-0.05, 0) is 55.3 Å². The first kappa shape index (κ1) is 20.6. The van der Waals surface area contributed by atoms with Gasteiger partial charge in [-0.2, -0.15) is 0 Å². The number of rotatable bonds is 5. The number of methoxy groups -OCH3 is 1. The van der Waals surface area contributed by atoms with E-state index < -0.39 is 0 Å². The third-order valence-corrected chi connectivity index (χ3v) is 5.76. The molecule has 33 heavy (non-hydrogen) atoms. The number of benzene rings is 1. The lowest BCUT2D eigenvalue weighted by molar-refractivity contribution is 0.0600. The Morgan fingerprint density at radius 2 is 1.82 bits per heavy atom. The number of esters is 1. The Hall–Kier alpha value is -4.26. The molecule has 4 heterocycles. The fraction of sp³-hybridized carbons (Fsp3) is 0.154. The van der Waals surface area contributed by atoms with Gasteiger partial charge in [0.05, 0.1) is 29.4 Å². The molecule has 0 amide bonds. The molecule has 0 aliphatic heterocycles. The van der Waals surface area contributed by atoms with Crippen molar-refractivity contribution in [2.75, 3.05) is 7.11 Å². The Bertz CT molecular complexity index is 1430. The quantitative estimate of drug-likeness (QED) is 0.351. The molecule has 0 saturated heterocycles. The van der Waals surface area contributed by atoms with Crippen molar-refractivity contribution in [2.45, 2.75) is 20.4 Å². The maximum atomic E-state index is 11.8. The fourth-order valence-corrected chi connectivity index (χ4v) is 4.13. The normalized spacial score (nSPS) is 11.1. The number of carbonyl (C=O) groups is 1. The van der Waals surface area contributed by atoms with Gasteiger partial charge in [0.15, 0.2) is 0 Å². The largest absolute Gasteiger partial charge is 0.465 e. The first-order valence-corrected chi connectivity index (χ1v) is 10.5. The molecule has 4 aromatic heterocycles. The zero-order chi connectivity index (χ0) is 22.9. The van der Waals surface area contributed by atoms with Crippen molar-refractivity contribution in [1.29, 1.82) is 0 Å². The van der Waals surface area contributed by atoms with Crippen molar-refractivity contribution >= 4 is 17.0 Å². The van der Waals surface area contributed by atoms with Gasteiger partial charge in [0, 0.05) is 48.0 Å². The highest BCUT2D eigenvalue weighted by Crippen LogP contribution is 2.34. The summed E-state index contributed by atoms with van der Waals surface area (Å²) < 4.78 is 12.4. The van der Waals surface area contributed by atoms with E-state index in [1.165, 1.54) is 7.11 Å². The van der Waals surface area contributed by atoms with Crippen molar-refractivity contribution in [3.05, 3.63) is 89.8 Å². The number of ether oxygens (including phenoxy) is 1. The minimum Gasteiger partial charge on any atom is -0.465 e. The molecule has 164 valence electrons. The summed E-state index contributed by atoms with van der Waals surface area (Å²) in [7, 11) is 1.38. The van der Waals surface area contributed by atoms with Crippen LogP contribution in [0.2, 0.25) is 0 Å². The minimum atomic E-state index is -0.358. The Balaban J connectivity index is 1.66. The lowest BCUT2D eigenvalue weighted by atomic mass is 10.0. The topological polar surface area (TPSA) is 83.0 Å². The Morgan fingerprint density at radius 3 is 2.48 bits per heavy atom. The molecule has 0 atom stereocenters. The maximum Gasteiger partial charge on any atom is 0.337 e. The average molecular weight is 438 g/mol. The summed E-state index contributed by atoms with van der Waals surface area (Å²) in [4.78, 5) is 20.8. The number of hydrogen-bond donors (Lipinski definition) is 0. The van der Waals surface area contributed by atoms with E-state index in [1.54, 1.807) is 24.5 Å². The van der Waals surface area contributed by atoms with Crippen LogP contribution in [0.15, 0.2) is 71.8 Å². The zero-order valence-corrected chi connectivity index (χ0v) is 18.6. The molecule has 0 bridgehead atoms. The third kappa shape index (κ3) is 3.78. The summed E-state index contributed by atoms with van der Waals surface area (Å²) in [6.45, 7) is 4.51. The molecule has 0 spiro atoms. The van der Waals surface area contributed by atoms with Crippen molar-refractivity contribution in [3.8, 4) is 22.3 Å². The van der Waals surface area contributed by atoms with Gasteiger partial charge in [-0.1, -0.05) is 17.3 Å². The zero-order valence-electron chi connectivity index (χ0n) is 18.6. The Kier molecular flexibility index (Phi) is 5.22. The predicted molar refractivity (Wildman–Crippen MR) is 125 cm³/mol. The molecule has 5 rings (SSSR count). The second kappa shape index (κ2) is 8.35. The number of fused-ring (bicyclic) bond motifs is 1. The van der Waals surface area contributed by atoms with E-state index in [0.29, 0.717) is 12.1 Å². The number of aryl methyl sites for hydroxylation is 2. The minimum absolute atomic E-state index is 0.358. The Morgan fingerprint density at radius 1 is 1.06 bits per heavy atom. The second-order valence-corrected chi connectivity index (χ2v) is 7.89. The first-order valence-electron chi connectivity index (χ1n) is 10.5. The van der Waals surface area contributed by atoms with Crippen LogP contribution in [0.25, 0.3) is 33.3 Å². The molecule has 7 nitrogen and oxygen atoms in total. The van der Waals surface area contributed by atoms with E-state index in [1.807, 2.05) is 44.3 Å². The van der Waals surface area contributed by atoms with Crippen LogP contribution in [0.4, 0.5) is 0 Å². The number of pyridine rings is 2. The van der Waals surface area contributed by atoms with Crippen LogP contribution in [0.5, 0.6) is 0 Å². The van der Waals surface area contributed by atoms with Crippen LogP contribution in [0.1, 0.15) is 27.4 Å². The van der Waals surface area contributed by atoms with Gasteiger partial charge in [-0.25, -0.2) is 4.79 Å². The molecule has 0 fully saturated rings. The van der Waals surface area contributed by atoms with Crippen LogP contribution >= 0.6 is 0 Å². The molecule has 0 N–H and O–H groups in total. The predicted octanol–water partition coefficient (Wildman–Crippen LogP) is 5.21. The monoisotopic (exact) mass is 438 g/mol. The summed E-state index contributed by atoms with van der Waals surface area (Å²) in [6.07, 6.45) is 7.54. The number of carbonyl (C=O) groups excluding carboxylic acids is 1. The molecular formula is C26H22N4O3. The number of aromatic nitrogens is 4. The van der Waals surface area contributed by atoms with E-state index in [4.69, 9.17) is 14.2 Å². The summed E-state index contributed by atoms with van der Waals surface area (Å²) in [6, 6.07) is 13.5. The average Bonchev–Trinajstić information content (AvgIpc) is 3.38. The first-order chi connectivity index (χ1) is 16.0. The standard InChI is InChI=1S/C26H22N4O3/c1-16-24(17(2)33-29-16)21-12-23-25(28-13-21)22(15-30(23)14-18-8-10-27-11-9-18)19-4-6-20(7-5-19)26(31)32-3/h4-13,15H,14H2,1-3H3. The molecule has 0 aliphatic rings.